The molecule has 2 nitrogen and oxygen atoms in total. The van der Waals surface area contributed by atoms with Gasteiger partial charge in [-0.05, 0) is 37.6 Å². The zero-order valence-corrected chi connectivity index (χ0v) is 9.64. The summed E-state index contributed by atoms with van der Waals surface area (Å²) in [5.41, 5.74) is 12.3. The molecule has 14 heavy (non-hydrogen) atoms. The molecule has 1 rings (SSSR count). The summed E-state index contributed by atoms with van der Waals surface area (Å²) in [5, 5.41) is 0. The van der Waals surface area contributed by atoms with Crippen LogP contribution in [0.1, 0.15) is 23.6 Å². The molecule has 0 fully saturated rings. The molecule has 1 atom stereocenters. The first kappa shape index (κ1) is 11.6. The van der Waals surface area contributed by atoms with Gasteiger partial charge < -0.3 is 11.5 Å². The van der Waals surface area contributed by atoms with Gasteiger partial charge in [0.15, 0.2) is 0 Å². The van der Waals surface area contributed by atoms with E-state index in [1.54, 1.807) is 19.1 Å². The molecule has 1 aromatic carbocycles. The van der Waals surface area contributed by atoms with Gasteiger partial charge in [-0.25, -0.2) is 4.39 Å². The Morgan fingerprint density at radius 1 is 1.50 bits per heavy atom. The summed E-state index contributed by atoms with van der Waals surface area (Å²) >= 11 is 3.31. The van der Waals surface area contributed by atoms with Crippen molar-refractivity contribution in [2.45, 2.75) is 19.4 Å². The van der Waals surface area contributed by atoms with E-state index >= 15 is 0 Å². The summed E-state index contributed by atoms with van der Waals surface area (Å²) in [5.74, 6) is -0.228. The van der Waals surface area contributed by atoms with Crippen LogP contribution in [0.25, 0.3) is 0 Å². The highest BCUT2D eigenvalue weighted by Crippen LogP contribution is 2.24. The minimum Gasteiger partial charge on any atom is -0.330 e. The van der Waals surface area contributed by atoms with E-state index in [4.69, 9.17) is 11.5 Å². The van der Waals surface area contributed by atoms with Crippen molar-refractivity contribution in [3.8, 4) is 0 Å². The van der Waals surface area contributed by atoms with Gasteiger partial charge in [-0.1, -0.05) is 15.9 Å². The molecule has 0 aliphatic carbocycles. The molecule has 0 aliphatic heterocycles. The van der Waals surface area contributed by atoms with E-state index < -0.39 is 0 Å². The zero-order valence-electron chi connectivity index (χ0n) is 8.06. The highest BCUT2D eigenvalue weighted by molar-refractivity contribution is 9.10. The van der Waals surface area contributed by atoms with Crippen LogP contribution < -0.4 is 11.5 Å². The topological polar surface area (TPSA) is 52.0 Å². The molecule has 0 bridgehead atoms. The van der Waals surface area contributed by atoms with Crippen LogP contribution in [-0.2, 0) is 0 Å². The lowest BCUT2D eigenvalue weighted by atomic mass is 10.0. The van der Waals surface area contributed by atoms with Crippen LogP contribution in [-0.4, -0.2) is 6.54 Å². The molecule has 78 valence electrons. The molecular formula is C10H14BrFN2. The van der Waals surface area contributed by atoms with E-state index in [9.17, 15) is 4.39 Å². The molecule has 0 radical (unpaired) electrons. The third-order valence-corrected chi connectivity index (χ3v) is 2.58. The zero-order chi connectivity index (χ0) is 10.7. The predicted molar refractivity (Wildman–Crippen MR) is 59.4 cm³/mol. The Morgan fingerprint density at radius 3 is 2.71 bits per heavy atom. The lowest BCUT2D eigenvalue weighted by molar-refractivity contribution is 0.560. The molecule has 0 aromatic heterocycles. The second-order valence-electron chi connectivity index (χ2n) is 3.31. The maximum atomic E-state index is 13.6. The fourth-order valence-corrected chi connectivity index (χ4v) is 1.95. The fraction of sp³-hybridized carbons (Fsp3) is 0.400. The normalized spacial score (nSPS) is 12.9. The maximum Gasteiger partial charge on any atom is 0.130 e. The number of benzene rings is 1. The van der Waals surface area contributed by atoms with Crippen molar-refractivity contribution in [3.05, 3.63) is 33.5 Å². The molecule has 4 heteroatoms. The lowest BCUT2D eigenvalue weighted by Crippen LogP contribution is -2.17. The van der Waals surface area contributed by atoms with Crippen molar-refractivity contribution in [1.82, 2.24) is 0 Å². The fourth-order valence-electron chi connectivity index (χ4n) is 1.36. The average molecular weight is 261 g/mol. The van der Waals surface area contributed by atoms with E-state index in [2.05, 4.69) is 15.9 Å². The molecular weight excluding hydrogens is 247 g/mol. The van der Waals surface area contributed by atoms with Crippen LogP contribution in [0.3, 0.4) is 0 Å². The second-order valence-corrected chi connectivity index (χ2v) is 4.23. The van der Waals surface area contributed by atoms with Crippen molar-refractivity contribution in [3.63, 3.8) is 0 Å². The first-order chi connectivity index (χ1) is 6.56. The SMILES string of the molecule is Cc1cc(Br)cc([C@H](N)CCN)c1F. The summed E-state index contributed by atoms with van der Waals surface area (Å²) in [6.07, 6.45) is 0.590. The first-order valence-corrected chi connectivity index (χ1v) is 5.26. The number of hydrogen-bond donors (Lipinski definition) is 2. The molecule has 0 spiro atoms. The van der Waals surface area contributed by atoms with Crippen molar-refractivity contribution >= 4 is 15.9 Å². The predicted octanol–water partition coefficient (Wildman–Crippen LogP) is 2.25. The van der Waals surface area contributed by atoms with Crippen LogP contribution in [0.15, 0.2) is 16.6 Å². The first-order valence-electron chi connectivity index (χ1n) is 4.47. The number of aryl methyl sites for hydroxylation is 1. The second kappa shape index (κ2) is 4.87. The van der Waals surface area contributed by atoms with Gasteiger partial charge in [-0.2, -0.15) is 0 Å². The molecule has 0 amide bonds. The number of halogens is 2. The van der Waals surface area contributed by atoms with Gasteiger partial charge in [-0.3, -0.25) is 0 Å². The molecule has 4 N–H and O–H groups in total. The third kappa shape index (κ3) is 2.53. The van der Waals surface area contributed by atoms with Crippen molar-refractivity contribution < 1.29 is 4.39 Å². The Morgan fingerprint density at radius 2 is 2.14 bits per heavy atom. The molecule has 0 aliphatic rings. The van der Waals surface area contributed by atoms with Crippen molar-refractivity contribution in [1.29, 1.82) is 0 Å². The van der Waals surface area contributed by atoms with E-state index in [0.717, 1.165) is 4.47 Å². The number of rotatable bonds is 3. The molecule has 0 heterocycles. The van der Waals surface area contributed by atoms with E-state index in [-0.39, 0.29) is 11.9 Å². The summed E-state index contributed by atoms with van der Waals surface area (Å²) in [6, 6.07) is 3.12. The minimum absolute atomic E-state index is 0.228. The van der Waals surface area contributed by atoms with Gasteiger partial charge in [0, 0.05) is 16.1 Å². The summed E-state index contributed by atoms with van der Waals surface area (Å²) in [6.45, 7) is 2.19. The van der Waals surface area contributed by atoms with Gasteiger partial charge in [0.05, 0.1) is 0 Å². The summed E-state index contributed by atoms with van der Waals surface area (Å²) < 4.78 is 14.5. The van der Waals surface area contributed by atoms with Crippen LogP contribution in [0.5, 0.6) is 0 Å². The van der Waals surface area contributed by atoms with E-state index in [1.807, 2.05) is 0 Å². The standard InChI is InChI=1S/C10H14BrFN2/c1-6-4-7(11)5-8(10(6)12)9(14)2-3-13/h4-5,9H,2-3,13-14H2,1H3/t9-/m1/s1. The smallest absolute Gasteiger partial charge is 0.130 e. The molecule has 0 unspecified atom stereocenters. The Balaban J connectivity index is 3.07. The summed E-state index contributed by atoms with van der Waals surface area (Å²) in [7, 11) is 0. The summed E-state index contributed by atoms with van der Waals surface area (Å²) in [4.78, 5) is 0. The number of nitrogens with two attached hydrogens (primary N) is 2. The van der Waals surface area contributed by atoms with Crippen molar-refractivity contribution in [2.75, 3.05) is 6.54 Å². The minimum atomic E-state index is -0.323. The third-order valence-electron chi connectivity index (χ3n) is 2.12. The van der Waals surface area contributed by atoms with E-state index in [0.29, 0.717) is 24.1 Å². The van der Waals surface area contributed by atoms with Gasteiger partial charge in [-0.15, -0.1) is 0 Å². The van der Waals surface area contributed by atoms with Gasteiger partial charge in [0.25, 0.3) is 0 Å². The average Bonchev–Trinajstić information content (AvgIpc) is 2.11. The quantitative estimate of drug-likeness (QED) is 0.876. The van der Waals surface area contributed by atoms with Crippen LogP contribution >= 0.6 is 15.9 Å². The molecule has 0 saturated heterocycles. The van der Waals surface area contributed by atoms with Crippen LogP contribution in [0.4, 0.5) is 4.39 Å². The van der Waals surface area contributed by atoms with Crippen LogP contribution in [0, 0.1) is 12.7 Å². The molecule has 1 aromatic rings. The Kier molecular flexibility index (Phi) is 4.04. The largest absolute Gasteiger partial charge is 0.330 e. The van der Waals surface area contributed by atoms with Crippen molar-refractivity contribution in [2.24, 2.45) is 11.5 Å². The maximum absolute atomic E-state index is 13.6. The Bertz CT molecular complexity index is 328. The van der Waals surface area contributed by atoms with Gasteiger partial charge in [0.1, 0.15) is 5.82 Å². The van der Waals surface area contributed by atoms with Gasteiger partial charge >= 0.3 is 0 Å². The molecule has 0 saturated carbocycles. The van der Waals surface area contributed by atoms with Crippen LogP contribution in [0.2, 0.25) is 0 Å². The van der Waals surface area contributed by atoms with E-state index in [1.165, 1.54) is 0 Å². The van der Waals surface area contributed by atoms with Gasteiger partial charge in [0.2, 0.25) is 0 Å². The Hall–Kier alpha value is -0.450. The Labute approximate surface area is 91.6 Å². The lowest BCUT2D eigenvalue weighted by Gasteiger charge is -2.13. The monoisotopic (exact) mass is 260 g/mol. The highest BCUT2D eigenvalue weighted by atomic mass is 79.9. The highest BCUT2D eigenvalue weighted by Gasteiger charge is 2.13. The number of hydrogen-bond acceptors (Lipinski definition) is 2.